The van der Waals surface area contributed by atoms with Crippen LogP contribution in [0.3, 0.4) is 0 Å². The van der Waals surface area contributed by atoms with Crippen LogP contribution in [-0.4, -0.2) is 15.5 Å². The molecule has 0 spiro atoms. The van der Waals surface area contributed by atoms with Crippen LogP contribution in [0.1, 0.15) is 13.3 Å². The van der Waals surface area contributed by atoms with E-state index in [1.165, 1.54) is 0 Å². The second-order valence-corrected chi connectivity index (χ2v) is 6.11. The third kappa shape index (κ3) is 2.39. The van der Waals surface area contributed by atoms with Gasteiger partial charge in [-0.25, -0.2) is 0 Å². The molecule has 1 aromatic carbocycles. The molecule has 1 aliphatic heterocycles. The zero-order chi connectivity index (χ0) is 11.7. The molecule has 1 aliphatic rings. The Labute approximate surface area is 109 Å². The molecule has 84 valence electrons. The van der Waals surface area contributed by atoms with E-state index >= 15 is 0 Å². The van der Waals surface area contributed by atoms with Crippen molar-refractivity contribution in [1.29, 1.82) is 0 Å². The maximum Gasteiger partial charge on any atom is 0.233 e. The van der Waals surface area contributed by atoms with E-state index < -0.39 is 0 Å². The SMILES string of the molecule is CC1CC(=O)N(c2ccc(Cl)cc2)C(=S)S1. The molecule has 1 aromatic rings. The van der Waals surface area contributed by atoms with Crippen LogP contribution < -0.4 is 4.90 Å². The van der Waals surface area contributed by atoms with Crippen LogP contribution in [0.25, 0.3) is 0 Å². The first-order chi connectivity index (χ1) is 7.58. The third-order valence-electron chi connectivity index (χ3n) is 2.28. The molecule has 1 atom stereocenters. The predicted molar refractivity (Wildman–Crippen MR) is 73.2 cm³/mol. The van der Waals surface area contributed by atoms with Crippen molar-refractivity contribution in [2.45, 2.75) is 18.6 Å². The Morgan fingerprint density at radius 1 is 1.44 bits per heavy atom. The number of carbonyl (C=O) groups is 1. The minimum Gasteiger partial charge on any atom is -0.274 e. The number of hydrogen-bond acceptors (Lipinski definition) is 3. The van der Waals surface area contributed by atoms with Crippen molar-refractivity contribution in [1.82, 2.24) is 0 Å². The van der Waals surface area contributed by atoms with Gasteiger partial charge in [0.1, 0.15) is 4.32 Å². The topological polar surface area (TPSA) is 20.3 Å². The van der Waals surface area contributed by atoms with Crippen LogP contribution in [0.5, 0.6) is 0 Å². The summed E-state index contributed by atoms with van der Waals surface area (Å²) in [6, 6.07) is 7.14. The van der Waals surface area contributed by atoms with Gasteiger partial charge in [0.2, 0.25) is 5.91 Å². The summed E-state index contributed by atoms with van der Waals surface area (Å²) in [5, 5.41) is 0.920. The molecule has 0 radical (unpaired) electrons. The van der Waals surface area contributed by atoms with E-state index in [4.69, 9.17) is 23.8 Å². The van der Waals surface area contributed by atoms with Crippen molar-refractivity contribution in [2.24, 2.45) is 0 Å². The Morgan fingerprint density at radius 3 is 2.62 bits per heavy atom. The Kier molecular flexibility index (Phi) is 3.52. The van der Waals surface area contributed by atoms with Crippen LogP contribution in [0.4, 0.5) is 5.69 Å². The van der Waals surface area contributed by atoms with Gasteiger partial charge in [-0.05, 0) is 24.3 Å². The Bertz CT molecular complexity index is 414. The number of carbonyl (C=O) groups excluding carboxylic acids is 1. The van der Waals surface area contributed by atoms with E-state index in [1.807, 2.05) is 19.1 Å². The average Bonchev–Trinajstić information content (AvgIpc) is 2.19. The summed E-state index contributed by atoms with van der Waals surface area (Å²) in [5.41, 5.74) is 0.791. The average molecular weight is 272 g/mol. The molecule has 16 heavy (non-hydrogen) atoms. The monoisotopic (exact) mass is 271 g/mol. The van der Waals surface area contributed by atoms with Crippen LogP contribution in [0, 0.1) is 0 Å². The largest absolute Gasteiger partial charge is 0.274 e. The van der Waals surface area contributed by atoms with Crippen molar-refractivity contribution in [2.75, 3.05) is 4.90 Å². The molecule has 1 amide bonds. The lowest BCUT2D eigenvalue weighted by molar-refractivity contribution is -0.117. The highest BCUT2D eigenvalue weighted by atomic mass is 35.5. The molecular weight excluding hydrogens is 262 g/mol. The maximum atomic E-state index is 11.9. The Morgan fingerprint density at radius 2 is 2.06 bits per heavy atom. The predicted octanol–water partition coefficient (Wildman–Crippen LogP) is 3.48. The smallest absolute Gasteiger partial charge is 0.233 e. The van der Waals surface area contributed by atoms with Gasteiger partial charge in [-0.15, -0.1) is 0 Å². The van der Waals surface area contributed by atoms with E-state index in [0.717, 1.165) is 5.69 Å². The van der Waals surface area contributed by atoms with Crippen LogP contribution in [-0.2, 0) is 4.79 Å². The normalized spacial score (nSPS) is 21.4. The summed E-state index contributed by atoms with van der Waals surface area (Å²) in [7, 11) is 0. The van der Waals surface area contributed by atoms with Gasteiger partial charge in [0.25, 0.3) is 0 Å². The lowest BCUT2D eigenvalue weighted by Crippen LogP contribution is -2.40. The van der Waals surface area contributed by atoms with Gasteiger partial charge in [-0.2, -0.15) is 0 Å². The summed E-state index contributed by atoms with van der Waals surface area (Å²) in [4.78, 5) is 13.5. The molecular formula is C11H10ClNOS2. The van der Waals surface area contributed by atoms with E-state index in [9.17, 15) is 4.79 Å². The lowest BCUT2D eigenvalue weighted by atomic mass is 10.2. The summed E-state index contributed by atoms with van der Waals surface area (Å²) in [5.74, 6) is 0.0542. The van der Waals surface area contributed by atoms with E-state index in [2.05, 4.69) is 0 Å². The van der Waals surface area contributed by atoms with Gasteiger partial charge in [-0.1, -0.05) is 42.5 Å². The fourth-order valence-corrected chi connectivity index (χ4v) is 3.25. The second-order valence-electron chi connectivity index (χ2n) is 3.60. The highest BCUT2D eigenvalue weighted by Gasteiger charge is 2.29. The quantitative estimate of drug-likeness (QED) is 0.730. The number of thioether (sulfide) groups is 1. The number of hydrogen-bond donors (Lipinski definition) is 0. The zero-order valence-corrected chi connectivity index (χ0v) is 11.0. The highest BCUT2D eigenvalue weighted by Crippen LogP contribution is 2.30. The molecule has 0 bridgehead atoms. The van der Waals surface area contributed by atoms with Crippen molar-refractivity contribution in [3.63, 3.8) is 0 Å². The molecule has 5 heteroatoms. The molecule has 1 heterocycles. The van der Waals surface area contributed by atoms with Gasteiger partial charge in [-0.3, -0.25) is 9.69 Å². The molecule has 2 rings (SSSR count). The first kappa shape index (κ1) is 11.9. The molecule has 1 saturated heterocycles. The first-order valence-electron chi connectivity index (χ1n) is 4.87. The Hall–Kier alpha value is -0.580. The van der Waals surface area contributed by atoms with Gasteiger partial charge >= 0.3 is 0 Å². The molecule has 0 aromatic heterocycles. The number of halogens is 1. The number of benzene rings is 1. The molecule has 0 N–H and O–H groups in total. The van der Waals surface area contributed by atoms with Crippen LogP contribution in [0.15, 0.2) is 24.3 Å². The second kappa shape index (κ2) is 4.73. The molecule has 1 unspecified atom stereocenters. The fraction of sp³-hybridized carbons (Fsp3) is 0.273. The summed E-state index contributed by atoms with van der Waals surface area (Å²) >= 11 is 12.6. The standard InChI is InChI=1S/C11H10ClNOS2/c1-7-6-10(14)13(11(15)16-7)9-4-2-8(12)3-5-9/h2-5,7H,6H2,1H3. The van der Waals surface area contributed by atoms with Gasteiger partial charge < -0.3 is 0 Å². The minimum atomic E-state index is 0.0542. The van der Waals surface area contributed by atoms with Crippen molar-refractivity contribution in [3.05, 3.63) is 29.3 Å². The molecule has 1 fully saturated rings. The summed E-state index contributed by atoms with van der Waals surface area (Å²) in [6.45, 7) is 2.01. The van der Waals surface area contributed by atoms with Crippen molar-refractivity contribution < 1.29 is 4.79 Å². The van der Waals surface area contributed by atoms with Crippen LogP contribution >= 0.6 is 35.6 Å². The number of nitrogens with zero attached hydrogens (tertiary/aromatic N) is 1. The van der Waals surface area contributed by atoms with Gasteiger partial charge in [0, 0.05) is 16.7 Å². The van der Waals surface area contributed by atoms with E-state index in [0.29, 0.717) is 15.8 Å². The summed E-state index contributed by atoms with van der Waals surface area (Å²) in [6.07, 6.45) is 0.521. The van der Waals surface area contributed by atoms with Crippen LogP contribution in [0.2, 0.25) is 5.02 Å². The van der Waals surface area contributed by atoms with Gasteiger partial charge in [0.15, 0.2) is 0 Å². The molecule has 0 saturated carbocycles. The van der Waals surface area contributed by atoms with Gasteiger partial charge in [0.05, 0.1) is 5.69 Å². The third-order valence-corrected chi connectivity index (χ3v) is 3.96. The Balaban J connectivity index is 2.29. The number of thiocarbonyl (C=S) groups is 1. The number of anilines is 1. The highest BCUT2D eigenvalue weighted by molar-refractivity contribution is 8.24. The van der Waals surface area contributed by atoms with Crippen molar-refractivity contribution in [3.8, 4) is 0 Å². The minimum absolute atomic E-state index is 0.0542. The molecule has 0 aliphatic carbocycles. The van der Waals surface area contributed by atoms with E-state index in [-0.39, 0.29) is 11.2 Å². The number of rotatable bonds is 1. The maximum absolute atomic E-state index is 11.9. The molecule has 2 nitrogen and oxygen atoms in total. The lowest BCUT2D eigenvalue weighted by Gasteiger charge is -2.30. The zero-order valence-electron chi connectivity index (χ0n) is 8.64. The van der Waals surface area contributed by atoms with E-state index in [1.54, 1.807) is 28.8 Å². The van der Waals surface area contributed by atoms with Crippen molar-refractivity contribution >= 4 is 51.5 Å². The fourth-order valence-electron chi connectivity index (χ4n) is 1.55. The summed E-state index contributed by atoms with van der Waals surface area (Å²) < 4.78 is 0.617. The first-order valence-corrected chi connectivity index (χ1v) is 6.53. The number of amides is 1.